The number of ether oxygens (including phenoxy) is 1. The predicted molar refractivity (Wildman–Crippen MR) is 120 cm³/mol. The standard InChI is InChI=1S/C26H27FN2O3/c1-19(20-5-7-21(8-6-20)22-4-2-15-28-18-22)29-16-14-26(13-3-17-30,32-25(29)31)23-9-11-24(27)12-10-23/h2,4-12,15,18-19,30H,3,13-14,16-17H2,1H3. The molecule has 3 aromatic rings. The lowest BCUT2D eigenvalue weighted by Crippen LogP contribution is -2.48. The third-order valence-electron chi connectivity index (χ3n) is 6.24. The number of aliphatic hydroxyl groups excluding tert-OH is 1. The summed E-state index contributed by atoms with van der Waals surface area (Å²) in [6.45, 7) is 2.50. The highest BCUT2D eigenvalue weighted by molar-refractivity contribution is 5.70. The van der Waals surface area contributed by atoms with Gasteiger partial charge in [0.1, 0.15) is 11.4 Å². The second-order valence-corrected chi connectivity index (χ2v) is 8.18. The quantitative estimate of drug-likeness (QED) is 0.536. The van der Waals surface area contributed by atoms with Crippen LogP contribution in [-0.2, 0) is 10.3 Å². The highest BCUT2D eigenvalue weighted by atomic mass is 19.1. The van der Waals surface area contributed by atoms with E-state index in [2.05, 4.69) is 4.98 Å². The van der Waals surface area contributed by atoms with Crippen LogP contribution in [0.25, 0.3) is 11.1 Å². The summed E-state index contributed by atoms with van der Waals surface area (Å²) >= 11 is 0. The molecule has 0 aliphatic carbocycles. The average Bonchev–Trinajstić information content (AvgIpc) is 2.83. The van der Waals surface area contributed by atoms with E-state index in [4.69, 9.17) is 4.74 Å². The Morgan fingerprint density at radius 1 is 1.12 bits per heavy atom. The molecule has 2 unspecified atom stereocenters. The first-order valence-electron chi connectivity index (χ1n) is 10.9. The van der Waals surface area contributed by atoms with Gasteiger partial charge in [0.25, 0.3) is 0 Å². The van der Waals surface area contributed by atoms with Gasteiger partial charge in [0.15, 0.2) is 0 Å². The van der Waals surface area contributed by atoms with Crippen LogP contribution in [0.4, 0.5) is 9.18 Å². The highest BCUT2D eigenvalue weighted by Gasteiger charge is 2.43. The van der Waals surface area contributed by atoms with Crippen molar-refractivity contribution in [2.45, 2.75) is 37.8 Å². The van der Waals surface area contributed by atoms with Crippen LogP contribution in [0.15, 0.2) is 73.1 Å². The van der Waals surface area contributed by atoms with Crippen LogP contribution >= 0.6 is 0 Å². The maximum absolute atomic E-state index is 13.4. The highest BCUT2D eigenvalue weighted by Crippen LogP contribution is 2.40. The van der Waals surface area contributed by atoms with Crippen LogP contribution < -0.4 is 0 Å². The van der Waals surface area contributed by atoms with Gasteiger partial charge in [-0.05, 0) is 60.2 Å². The molecule has 1 saturated heterocycles. The minimum Gasteiger partial charge on any atom is -0.438 e. The smallest absolute Gasteiger partial charge is 0.411 e. The van der Waals surface area contributed by atoms with Crippen LogP contribution in [0.3, 0.4) is 0 Å². The molecule has 2 aromatic carbocycles. The topological polar surface area (TPSA) is 62.7 Å². The van der Waals surface area contributed by atoms with Gasteiger partial charge >= 0.3 is 6.09 Å². The van der Waals surface area contributed by atoms with Gasteiger partial charge < -0.3 is 14.7 Å². The third-order valence-corrected chi connectivity index (χ3v) is 6.24. The van der Waals surface area contributed by atoms with Crippen molar-refractivity contribution in [1.29, 1.82) is 0 Å². The summed E-state index contributed by atoms with van der Waals surface area (Å²) in [6, 6.07) is 17.9. The molecular formula is C26H27FN2O3. The fourth-order valence-corrected chi connectivity index (χ4v) is 4.33. The van der Waals surface area contributed by atoms with E-state index in [0.717, 1.165) is 22.3 Å². The number of hydrogen-bond acceptors (Lipinski definition) is 4. The Hall–Kier alpha value is -3.25. The Kier molecular flexibility index (Phi) is 6.51. The maximum atomic E-state index is 13.4. The van der Waals surface area contributed by atoms with Crippen molar-refractivity contribution in [2.75, 3.05) is 13.2 Å². The van der Waals surface area contributed by atoms with Crippen LogP contribution in [0.1, 0.15) is 43.4 Å². The van der Waals surface area contributed by atoms with Gasteiger partial charge in [-0.3, -0.25) is 4.98 Å². The van der Waals surface area contributed by atoms with Crippen molar-refractivity contribution in [1.82, 2.24) is 9.88 Å². The molecule has 0 saturated carbocycles. The lowest BCUT2D eigenvalue weighted by atomic mass is 9.84. The Morgan fingerprint density at radius 3 is 2.50 bits per heavy atom. The molecule has 0 spiro atoms. The average molecular weight is 435 g/mol. The van der Waals surface area contributed by atoms with Gasteiger partial charge in [0.05, 0.1) is 6.04 Å². The fraction of sp³-hybridized carbons (Fsp3) is 0.308. The molecule has 0 radical (unpaired) electrons. The second-order valence-electron chi connectivity index (χ2n) is 8.18. The number of amides is 1. The molecule has 6 heteroatoms. The third kappa shape index (κ3) is 4.50. The van der Waals surface area contributed by atoms with E-state index < -0.39 is 11.7 Å². The molecule has 32 heavy (non-hydrogen) atoms. The summed E-state index contributed by atoms with van der Waals surface area (Å²) in [5.74, 6) is -0.335. The number of nitrogens with zero attached hydrogens (tertiary/aromatic N) is 2. The molecule has 1 amide bonds. The normalized spacial score (nSPS) is 19.5. The maximum Gasteiger partial charge on any atom is 0.411 e. The number of aliphatic hydroxyl groups is 1. The van der Waals surface area contributed by atoms with Crippen molar-refractivity contribution >= 4 is 6.09 Å². The van der Waals surface area contributed by atoms with Gasteiger partial charge in [0, 0.05) is 32.0 Å². The Balaban J connectivity index is 1.51. The van der Waals surface area contributed by atoms with E-state index in [-0.39, 0.29) is 18.5 Å². The first-order valence-corrected chi connectivity index (χ1v) is 10.9. The minimum atomic E-state index is -0.853. The number of rotatable bonds is 7. The van der Waals surface area contributed by atoms with Crippen LogP contribution in [0.5, 0.6) is 0 Å². The molecule has 5 nitrogen and oxygen atoms in total. The minimum absolute atomic E-state index is 0.00386. The van der Waals surface area contributed by atoms with Crippen molar-refractivity contribution in [2.24, 2.45) is 0 Å². The molecule has 1 N–H and O–H groups in total. The molecule has 1 aliphatic heterocycles. The molecule has 2 heterocycles. The number of aromatic nitrogens is 1. The second kappa shape index (κ2) is 9.49. The summed E-state index contributed by atoms with van der Waals surface area (Å²) in [5, 5.41) is 9.35. The van der Waals surface area contributed by atoms with Gasteiger partial charge in [-0.15, -0.1) is 0 Å². The number of carbonyl (C=O) groups is 1. The fourth-order valence-electron chi connectivity index (χ4n) is 4.33. The molecule has 1 fully saturated rings. The van der Waals surface area contributed by atoms with Crippen molar-refractivity contribution in [3.8, 4) is 11.1 Å². The lowest BCUT2D eigenvalue weighted by Gasteiger charge is -2.43. The summed E-state index contributed by atoms with van der Waals surface area (Å²) in [7, 11) is 0. The van der Waals surface area contributed by atoms with E-state index in [1.54, 1.807) is 23.2 Å². The zero-order valence-corrected chi connectivity index (χ0v) is 18.1. The summed E-state index contributed by atoms with van der Waals surface area (Å²) in [6.07, 6.45) is 4.72. The van der Waals surface area contributed by atoms with E-state index in [0.29, 0.717) is 25.8 Å². The molecule has 1 aromatic heterocycles. The van der Waals surface area contributed by atoms with E-state index >= 15 is 0 Å². The van der Waals surface area contributed by atoms with Crippen molar-refractivity contribution in [3.05, 3.63) is 90.0 Å². The molecule has 4 rings (SSSR count). The number of pyridine rings is 1. The van der Waals surface area contributed by atoms with Crippen molar-refractivity contribution in [3.63, 3.8) is 0 Å². The van der Waals surface area contributed by atoms with Gasteiger partial charge in [-0.1, -0.05) is 42.5 Å². The zero-order valence-electron chi connectivity index (χ0n) is 18.1. The Bertz CT molecular complexity index is 1040. The van der Waals surface area contributed by atoms with Gasteiger partial charge in [0.2, 0.25) is 0 Å². The first kappa shape index (κ1) is 22.0. The summed E-state index contributed by atoms with van der Waals surface area (Å²) < 4.78 is 19.4. The van der Waals surface area contributed by atoms with Crippen LogP contribution in [-0.4, -0.2) is 34.2 Å². The monoisotopic (exact) mass is 434 g/mol. The Labute approximate surface area is 187 Å². The van der Waals surface area contributed by atoms with E-state index in [1.165, 1.54) is 12.1 Å². The summed E-state index contributed by atoms with van der Waals surface area (Å²) in [5.41, 5.74) is 3.02. The SMILES string of the molecule is CC(c1ccc(-c2cccnc2)cc1)N1CCC(CCCO)(c2ccc(F)cc2)OC1=O. The van der Waals surface area contributed by atoms with Crippen LogP contribution in [0, 0.1) is 5.82 Å². The van der Waals surface area contributed by atoms with Crippen LogP contribution in [0.2, 0.25) is 0 Å². The molecule has 166 valence electrons. The molecule has 1 aliphatic rings. The Morgan fingerprint density at radius 2 is 1.88 bits per heavy atom. The molecule has 0 bridgehead atoms. The van der Waals surface area contributed by atoms with E-state index in [9.17, 15) is 14.3 Å². The number of carbonyl (C=O) groups excluding carboxylic acids is 1. The summed E-state index contributed by atoms with van der Waals surface area (Å²) in [4.78, 5) is 19.0. The van der Waals surface area contributed by atoms with Gasteiger partial charge in [-0.25, -0.2) is 9.18 Å². The number of halogens is 1. The number of hydrogen-bond donors (Lipinski definition) is 1. The number of benzene rings is 2. The van der Waals surface area contributed by atoms with Crippen molar-refractivity contribution < 1.29 is 19.0 Å². The van der Waals surface area contributed by atoms with E-state index in [1.807, 2.05) is 49.5 Å². The number of cyclic esters (lactones) is 1. The first-order chi connectivity index (χ1) is 15.5. The molecule has 2 atom stereocenters. The largest absolute Gasteiger partial charge is 0.438 e. The predicted octanol–water partition coefficient (Wildman–Crippen LogP) is 5.46. The molecular weight excluding hydrogens is 407 g/mol. The van der Waals surface area contributed by atoms with Gasteiger partial charge in [-0.2, -0.15) is 0 Å². The zero-order chi connectivity index (χ0) is 22.6. The lowest BCUT2D eigenvalue weighted by molar-refractivity contribution is -0.0680.